The molecule has 2 aromatic heterocycles. The van der Waals surface area contributed by atoms with Gasteiger partial charge < -0.3 is 5.32 Å². The van der Waals surface area contributed by atoms with Crippen LogP contribution in [-0.2, 0) is 6.54 Å². The van der Waals surface area contributed by atoms with Gasteiger partial charge in [0, 0.05) is 36.6 Å². The highest BCUT2D eigenvalue weighted by molar-refractivity contribution is 5.84. The predicted octanol–water partition coefficient (Wildman–Crippen LogP) is 3.62. The van der Waals surface area contributed by atoms with Crippen LogP contribution in [-0.4, -0.2) is 14.8 Å². The molecule has 3 rings (SSSR count). The molecule has 4 nitrogen and oxygen atoms in total. The molecule has 0 spiro atoms. The van der Waals surface area contributed by atoms with Crippen LogP contribution in [0.4, 0.5) is 5.69 Å². The summed E-state index contributed by atoms with van der Waals surface area (Å²) >= 11 is 0. The summed E-state index contributed by atoms with van der Waals surface area (Å²) < 4.78 is 1.95. The Labute approximate surface area is 118 Å². The van der Waals surface area contributed by atoms with Crippen LogP contribution in [0, 0.1) is 0 Å². The Balaban J connectivity index is 1.79. The predicted molar refractivity (Wildman–Crippen MR) is 81.7 cm³/mol. The van der Waals surface area contributed by atoms with Crippen LogP contribution in [0.5, 0.6) is 0 Å². The fourth-order valence-electron chi connectivity index (χ4n) is 2.25. The van der Waals surface area contributed by atoms with Gasteiger partial charge in [0.25, 0.3) is 0 Å². The molecule has 0 aliphatic rings. The van der Waals surface area contributed by atoms with Crippen LogP contribution < -0.4 is 5.32 Å². The van der Waals surface area contributed by atoms with E-state index in [2.05, 4.69) is 53.5 Å². The van der Waals surface area contributed by atoms with E-state index in [0.29, 0.717) is 6.04 Å². The number of aromatic nitrogens is 3. The van der Waals surface area contributed by atoms with E-state index < -0.39 is 0 Å². The summed E-state index contributed by atoms with van der Waals surface area (Å²) in [5.74, 6) is 0. The molecule has 4 heteroatoms. The number of benzene rings is 1. The quantitative estimate of drug-likeness (QED) is 0.784. The van der Waals surface area contributed by atoms with E-state index >= 15 is 0 Å². The summed E-state index contributed by atoms with van der Waals surface area (Å²) in [7, 11) is 0. The van der Waals surface area contributed by atoms with Crippen molar-refractivity contribution in [3.8, 4) is 0 Å². The van der Waals surface area contributed by atoms with Crippen molar-refractivity contribution in [1.29, 1.82) is 0 Å². The van der Waals surface area contributed by atoms with Crippen molar-refractivity contribution in [3.63, 3.8) is 0 Å². The van der Waals surface area contributed by atoms with Gasteiger partial charge in [-0.05, 0) is 30.9 Å². The van der Waals surface area contributed by atoms with E-state index in [4.69, 9.17) is 0 Å². The average Bonchev–Trinajstić information content (AvgIpc) is 2.94. The van der Waals surface area contributed by atoms with Gasteiger partial charge in [-0.1, -0.05) is 18.2 Å². The molecule has 2 heterocycles. The van der Waals surface area contributed by atoms with Crippen molar-refractivity contribution in [2.24, 2.45) is 0 Å². The monoisotopic (exact) mass is 266 g/mol. The maximum absolute atomic E-state index is 4.33. The molecule has 20 heavy (non-hydrogen) atoms. The van der Waals surface area contributed by atoms with Crippen LogP contribution in [0.15, 0.2) is 49.1 Å². The molecule has 0 atom stereocenters. The van der Waals surface area contributed by atoms with Crippen LogP contribution in [0.25, 0.3) is 10.8 Å². The lowest BCUT2D eigenvalue weighted by atomic mass is 10.1. The van der Waals surface area contributed by atoms with Gasteiger partial charge in [-0.15, -0.1) is 0 Å². The van der Waals surface area contributed by atoms with Gasteiger partial charge in [-0.25, -0.2) is 0 Å². The van der Waals surface area contributed by atoms with Crippen LogP contribution in [0.1, 0.15) is 25.5 Å². The van der Waals surface area contributed by atoms with Crippen molar-refractivity contribution in [2.45, 2.75) is 26.4 Å². The zero-order valence-electron chi connectivity index (χ0n) is 11.7. The number of hydrogen-bond donors (Lipinski definition) is 1. The number of pyridine rings is 1. The second-order valence-electron chi connectivity index (χ2n) is 5.17. The van der Waals surface area contributed by atoms with Crippen molar-refractivity contribution in [3.05, 3.63) is 54.6 Å². The normalized spacial score (nSPS) is 11.2. The minimum atomic E-state index is 0.383. The minimum Gasteiger partial charge on any atom is -0.378 e. The van der Waals surface area contributed by atoms with Gasteiger partial charge in [0.1, 0.15) is 0 Å². The molecule has 0 fully saturated rings. The highest BCUT2D eigenvalue weighted by atomic mass is 15.3. The lowest BCUT2D eigenvalue weighted by molar-refractivity contribution is 0.532. The highest BCUT2D eigenvalue weighted by Crippen LogP contribution is 2.19. The number of nitrogens with zero attached hydrogens (tertiary/aromatic N) is 3. The van der Waals surface area contributed by atoms with E-state index in [1.165, 1.54) is 16.3 Å². The molecular formula is C16H18N4. The highest BCUT2D eigenvalue weighted by Gasteiger charge is 2.03. The maximum atomic E-state index is 4.33. The first-order valence-corrected chi connectivity index (χ1v) is 6.83. The smallest absolute Gasteiger partial charge is 0.0729 e. The summed E-state index contributed by atoms with van der Waals surface area (Å²) in [5, 5.41) is 10.2. The van der Waals surface area contributed by atoms with Crippen LogP contribution in [0.2, 0.25) is 0 Å². The number of hydrogen-bond acceptors (Lipinski definition) is 3. The fourth-order valence-corrected chi connectivity index (χ4v) is 2.25. The van der Waals surface area contributed by atoms with Gasteiger partial charge in [-0.2, -0.15) is 5.10 Å². The van der Waals surface area contributed by atoms with E-state index in [1.807, 2.05) is 29.5 Å². The Morgan fingerprint density at radius 3 is 2.90 bits per heavy atom. The van der Waals surface area contributed by atoms with Crippen molar-refractivity contribution < 1.29 is 0 Å². The molecule has 0 radical (unpaired) electrons. The average molecular weight is 266 g/mol. The second kappa shape index (κ2) is 5.33. The molecule has 0 saturated heterocycles. The Bertz CT molecular complexity index is 710. The Hall–Kier alpha value is -2.36. The molecule has 0 saturated carbocycles. The summed E-state index contributed by atoms with van der Waals surface area (Å²) in [6, 6.07) is 8.74. The Kier molecular flexibility index (Phi) is 3.37. The number of nitrogens with one attached hydrogen (secondary N) is 1. The fraction of sp³-hybridized carbons (Fsp3) is 0.250. The topological polar surface area (TPSA) is 42.7 Å². The van der Waals surface area contributed by atoms with E-state index in [9.17, 15) is 0 Å². The molecule has 102 valence electrons. The lowest BCUT2D eigenvalue weighted by Crippen LogP contribution is -2.01. The number of fused-ring (bicyclic) bond motifs is 1. The first-order chi connectivity index (χ1) is 9.74. The van der Waals surface area contributed by atoms with Crippen LogP contribution >= 0.6 is 0 Å². The third-order valence-corrected chi connectivity index (χ3v) is 3.38. The molecule has 0 unspecified atom stereocenters. The van der Waals surface area contributed by atoms with Crippen molar-refractivity contribution in [2.75, 3.05) is 5.32 Å². The lowest BCUT2D eigenvalue weighted by Gasteiger charge is -2.08. The Morgan fingerprint density at radius 1 is 1.20 bits per heavy atom. The standard InChI is InChI=1S/C16H18N4/c1-12(2)20-11-15(10-19-20)18-9-14-5-3-4-13-8-17-7-6-16(13)14/h3-8,10-12,18H,9H2,1-2H3. The molecule has 0 aliphatic heterocycles. The maximum Gasteiger partial charge on any atom is 0.0729 e. The van der Waals surface area contributed by atoms with Gasteiger partial charge in [0.15, 0.2) is 0 Å². The van der Waals surface area contributed by atoms with Gasteiger partial charge in [-0.3, -0.25) is 9.67 Å². The SMILES string of the molecule is CC(C)n1cc(NCc2cccc3cnccc23)cn1. The summed E-state index contributed by atoms with van der Waals surface area (Å²) in [5.41, 5.74) is 2.31. The van der Waals surface area contributed by atoms with Gasteiger partial charge >= 0.3 is 0 Å². The largest absolute Gasteiger partial charge is 0.378 e. The summed E-state index contributed by atoms with van der Waals surface area (Å²) in [4.78, 5) is 4.16. The molecule has 0 amide bonds. The van der Waals surface area contributed by atoms with Crippen LogP contribution in [0.3, 0.4) is 0 Å². The van der Waals surface area contributed by atoms with E-state index in [-0.39, 0.29) is 0 Å². The third-order valence-electron chi connectivity index (χ3n) is 3.38. The molecule has 1 aromatic carbocycles. The minimum absolute atomic E-state index is 0.383. The zero-order valence-corrected chi connectivity index (χ0v) is 11.7. The second-order valence-corrected chi connectivity index (χ2v) is 5.17. The number of rotatable bonds is 4. The van der Waals surface area contributed by atoms with Gasteiger partial charge in [0.2, 0.25) is 0 Å². The molecule has 3 aromatic rings. The molecule has 0 bridgehead atoms. The summed E-state index contributed by atoms with van der Waals surface area (Å²) in [6.45, 7) is 5.02. The molecular weight excluding hydrogens is 248 g/mol. The first-order valence-electron chi connectivity index (χ1n) is 6.83. The van der Waals surface area contributed by atoms with Crippen molar-refractivity contribution >= 4 is 16.5 Å². The summed E-state index contributed by atoms with van der Waals surface area (Å²) in [6.07, 6.45) is 7.64. The van der Waals surface area contributed by atoms with Gasteiger partial charge in [0.05, 0.1) is 11.9 Å². The molecule has 1 N–H and O–H groups in total. The zero-order chi connectivity index (χ0) is 13.9. The number of anilines is 1. The Morgan fingerprint density at radius 2 is 2.10 bits per heavy atom. The van der Waals surface area contributed by atoms with E-state index in [1.54, 1.807) is 0 Å². The third kappa shape index (κ3) is 2.50. The molecule has 0 aliphatic carbocycles. The van der Waals surface area contributed by atoms with E-state index in [0.717, 1.165) is 12.2 Å². The van der Waals surface area contributed by atoms with Crippen molar-refractivity contribution in [1.82, 2.24) is 14.8 Å². The first kappa shape index (κ1) is 12.7.